The molecule has 1 saturated heterocycles. The first-order chi connectivity index (χ1) is 19.5. The SMILES string of the molecule is CCC(NC)C(=O)OCN1C(=O)CCC(N2Cc3cc(CNC(=O)C(F)(F)c4c#cc(F)cc4)ccc3C2=O)C1=O. The number of amides is 4. The highest BCUT2D eigenvalue weighted by Gasteiger charge is 2.44. The Morgan fingerprint density at radius 2 is 1.93 bits per heavy atom. The highest BCUT2D eigenvalue weighted by Crippen LogP contribution is 2.30. The molecule has 2 aliphatic heterocycles. The van der Waals surface area contributed by atoms with E-state index in [2.05, 4.69) is 10.6 Å². The number of hydrogen-bond donors (Lipinski definition) is 2. The van der Waals surface area contributed by atoms with Crippen LogP contribution >= 0.6 is 0 Å². The summed E-state index contributed by atoms with van der Waals surface area (Å²) in [4.78, 5) is 65.2. The number of fused-ring (bicyclic) bond motifs is 1. The quantitative estimate of drug-likeness (QED) is 0.329. The molecule has 0 aliphatic carbocycles. The minimum Gasteiger partial charge on any atom is -0.443 e. The number of halogens is 3. The predicted molar refractivity (Wildman–Crippen MR) is 135 cm³/mol. The van der Waals surface area contributed by atoms with Crippen molar-refractivity contribution in [2.45, 2.75) is 57.3 Å². The Balaban J connectivity index is 1.40. The van der Waals surface area contributed by atoms with Crippen molar-refractivity contribution in [2.24, 2.45) is 0 Å². The van der Waals surface area contributed by atoms with Gasteiger partial charge in [-0.1, -0.05) is 25.1 Å². The molecule has 0 saturated carbocycles. The molecule has 2 aromatic carbocycles. The van der Waals surface area contributed by atoms with Crippen molar-refractivity contribution < 1.29 is 41.9 Å². The number of alkyl halides is 2. The van der Waals surface area contributed by atoms with Crippen molar-refractivity contribution in [1.82, 2.24) is 20.4 Å². The van der Waals surface area contributed by atoms with Crippen LogP contribution < -0.4 is 10.6 Å². The zero-order valence-electron chi connectivity index (χ0n) is 22.3. The molecule has 0 aromatic heterocycles. The van der Waals surface area contributed by atoms with Crippen LogP contribution in [-0.4, -0.2) is 65.3 Å². The second-order valence-electron chi connectivity index (χ2n) is 9.58. The molecule has 0 bridgehead atoms. The molecule has 13 heteroatoms. The van der Waals surface area contributed by atoms with Crippen molar-refractivity contribution >= 4 is 29.6 Å². The summed E-state index contributed by atoms with van der Waals surface area (Å²) in [5.74, 6) is -8.74. The number of benzene rings is 1. The van der Waals surface area contributed by atoms with Gasteiger partial charge in [-0.05, 0) is 55.3 Å². The highest BCUT2D eigenvalue weighted by atomic mass is 19.3. The lowest BCUT2D eigenvalue weighted by atomic mass is 10.0. The summed E-state index contributed by atoms with van der Waals surface area (Å²) in [6.45, 7) is 0.930. The van der Waals surface area contributed by atoms with Gasteiger partial charge in [0, 0.05) is 25.1 Å². The number of rotatable bonds is 10. The van der Waals surface area contributed by atoms with Crippen LogP contribution in [0, 0.1) is 17.9 Å². The van der Waals surface area contributed by atoms with Crippen LogP contribution in [0.2, 0.25) is 0 Å². The second kappa shape index (κ2) is 12.0. The van der Waals surface area contributed by atoms with Gasteiger partial charge in [0.15, 0.2) is 12.5 Å². The molecule has 4 rings (SSSR count). The maximum atomic E-state index is 14.5. The van der Waals surface area contributed by atoms with E-state index >= 15 is 0 Å². The number of likely N-dealkylation sites (N-methyl/N-ethyl adjacent to an activating group) is 1. The molecule has 0 radical (unpaired) electrons. The van der Waals surface area contributed by atoms with E-state index < -0.39 is 65.7 Å². The van der Waals surface area contributed by atoms with E-state index in [1.807, 2.05) is 12.1 Å². The van der Waals surface area contributed by atoms with Gasteiger partial charge in [-0.15, -0.1) is 0 Å². The van der Waals surface area contributed by atoms with Gasteiger partial charge in [0.05, 0.1) is 5.56 Å². The average molecular weight is 573 g/mol. The zero-order chi connectivity index (χ0) is 29.9. The fraction of sp³-hybridized carbons (Fsp3) is 0.393. The van der Waals surface area contributed by atoms with Crippen molar-refractivity contribution in [3.63, 3.8) is 0 Å². The smallest absolute Gasteiger partial charge is 0.357 e. The van der Waals surface area contributed by atoms with E-state index in [4.69, 9.17) is 4.74 Å². The molecule has 1 fully saturated rings. The minimum atomic E-state index is -3.98. The van der Waals surface area contributed by atoms with Gasteiger partial charge < -0.3 is 20.3 Å². The number of hydrogen-bond acceptors (Lipinski definition) is 7. The number of nitrogens with one attached hydrogen (secondary N) is 2. The highest BCUT2D eigenvalue weighted by molar-refractivity contribution is 6.05. The van der Waals surface area contributed by atoms with Crippen LogP contribution in [0.3, 0.4) is 0 Å². The summed E-state index contributed by atoms with van der Waals surface area (Å²) >= 11 is 0. The lowest BCUT2D eigenvalue weighted by Gasteiger charge is -2.35. The van der Waals surface area contributed by atoms with E-state index in [-0.39, 0.29) is 25.9 Å². The fourth-order valence-corrected chi connectivity index (χ4v) is 4.69. The number of carbonyl (C=O) groups is 5. The van der Waals surface area contributed by atoms with Crippen molar-refractivity contribution in [1.29, 1.82) is 0 Å². The van der Waals surface area contributed by atoms with Crippen LogP contribution in [0.15, 0.2) is 30.3 Å². The Labute approximate surface area is 233 Å². The van der Waals surface area contributed by atoms with Gasteiger partial charge in [-0.3, -0.25) is 24.0 Å². The van der Waals surface area contributed by atoms with Crippen LogP contribution in [0.1, 0.15) is 53.2 Å². The van der Waals surface area contributed by atoms with Crippen LogP contribution in [-0.2, 0) is 42.9 Å². The first kappa shape index (κ1) is 29.5. The number of ether oxygens (including phenoxy) is 1. The van der Waals surface area contributed by atoms with Gasteiger partial charge >= 0.3 is 11.9 Å². The molecule has 2 aliphatic rings. The lowest BCUT2D eigenvalue weighted by molar-refractivity contribution is -0.165. The molecule has 2 heterocycles. The first-order valence-corrected chi connectivity index (χ1v) is 12.8. The maximum Gasteiger partial charge on any atom is 0.357 e. The maximum absolute atomic E-state index is 14.5. The molecule has 4 amide bonds. The Bertz CT molecular complexity index is 1360. The van der Waals surface area contributed by atoms with E-state index in [1.165, 1.54) is 17.0 Å². The Morgan fingerprint density at radius 1 is 1.17 bits per heavy atom. The zero-order valence-corrected chi connectivity index (χ0v) is 22.3. The standard InChI is InChI=1S/C28H27F3N4O6/c1-3-21(32-2)26(39)41-15-35-23(36)11-10-22(25(35)38)34-14-17-12-16(4-9-20(17)24(34)37)13-33-27(40)28(30,31)18-5-7-19(29)8-6-18/h4-5,7,9,12,21-22,32H,3,10-11,13-15H2,1-2H3,(H,33,40). The molecule has 2 aromatic rings. The lowest BCUT2D eigenvalue weighted by Crippen LogP contribution is -2.55. The van der Waals surface area contributed by atoms with Crippen LogP contribution in [0.5, 0.6) is 0 Å². The molecule has 2 unspecified atom stereocenters. The van der Waals surface area contributed by atoms with Crippen molar-refractivity contribution in [2.75, 3.05) is 13.8 Å². The minimum absolute atomic E-state index is 0.0162. The number of imide groups is 1. The number of piperidine rings is 1. The predicted octanol–water partition coefficient (Wildman–Crippen LogP) is 1.81. The van der Waals surface area contributed by atoms with Gasteiger partial charge in [0.2, 0.25) is 5.91 Å². The second-order valence-corrected chi connectivity index (χ2v) is 9.58. The van der Waals surface area contributed by atoms with E-state index in [0.717, 1.165) is 17.0 Å². The fourth-order valence-electron chi connectivity index (χ4n) is 4.69. The largest absolute Gasteiger partial charge is 0.443 e. The average Bonchev–Trinajstić information content (AvgIpc) is 3.27. The summed E-state index contributed by atoms with van der Waals surface area (Å²) in [6.07, 6.45) is 0.498. The van der Waals surface area contributed by atoms with Crippen LogP contribution in [0.25, 0.3) is 0 Å². The summed E-state index contributed by atoms with van der Waals surface area (Å²) in [5, 5.41) is 4.90. The van der Waals surface area contributed by atoms with Gasteiger partial charge in [-0.2, -0.15) is 13.2 Å². The third kappa shape index (κ3) is 6.02. The van der Waals surface area contributed by atoms with Gasteiger partial charge in [0.25, 0.3) is 17.7 Å². The van der Waals surface area contributed by atoms with Crippen molar-refractivity contribution in [3.8, 4) is 0 Å². The monoisotopic (exact) mass is 572 g/mol. The Kier molecular flexibility index (Phi) is 8.63. The van der Waals surface area contributed by atoms with Gasteiger partial charge in [0.1, 0.15) is 12.1 Å². The number of nitrogens with zero attached hydrogens (tertiary/aromatic N) is 2. The molecule has 2 N–H and O–H groups in total. The summed E-state index contributed by atoms with van der Waals surface area (Å²) in [7, 11) is 1.58. The van der Waals surface area contributed by atoms with Crippen molar-refractivity contribution in [3.05, 3.63) is 70.5 Å². The normalized spacial score (nSPS) is 17.7. The molecule has 216 valence electrons. The van der Waals surface area contributed by atoms with Crippen LogP contribution in [0.4, 0.5) is 13.2 Å². The van der Waals surface area contributed by atoms with E-state index in [9.17, 15) is 37.1 Å². The van der Waals surface area contributed by atoms with E-state index in [0.29, 0.717) is 23.1 Å². The van der Waals surface area contributed by atoms with Gasteiger partial charge in [-0.25, -0.2) is 4.90 Å². The number of esters is 1. The molecule has 2 atom stereocenters. The summed E-state index contributed by atoms with van der Waals surface area (Å²) in [6, 6.07) is 8.25. The molecule has 0 spiro atoms. The van der Waals surface area contributed by atoms with E-state index in [1.54, 1.807) is 20.0 Å². The molecular weight excluding hydrogens is 545 g/mol. The third-order valence-corrected chi connectivity index (χ3v) is 7.03. The molecular formula is C28H27F3N4O6. The number of carbonyl (C=O) groups excluding carboxylic acids is 5. The Hall–Kier alpha value is -4.44. The topological polar surface area (TPSA) is 125 Å². The number of likely N-dealkylation sites (tertiary alicyclic amines) is 1. The first-order valence-electron chi connectivity index (χ1n) is 12.8. The molecule has 41 heavy (non-hydrogen) atoms. The summed E-state index contributed by atoms with van der Waals surface area (Å²) in [5.41, 5.74) is 0.394. The molecule has 10 nitrogen and oxygen atoms in total. The third-order valence-electron chi connectivity index (χ3n) is 7.03. The summed E-state index contributed by atoms with van der Waals surface area (Å²) < 4.78 is 47.1. The Morgan fingerprint density at radius 3 is 2.59 bits per heavy atom.